The van der Waals surface area contributed by atoms with Crippen molar-refractivity contribution in [2.24, 2.45) is 35.0 Å². The average Bonchev–Trinajstić information content (AvgIpc) is 3.52. The van der Waals surface area contributed by atoms with Crippen molar-refractivity contribution in [2.75, 3.05) is 0 Å². The highest BCUT2D eigenvalue weighted by molar-refractivity contribution is 5.74. The van der Waals surface area contributed by atoms with Crippen LogP contribution in [0.25, 0.3) is 0 Å². The number of cyclic esters (lactones) is 1. The van der Waals surface area contributed by atoms with Crippen LogP contribution in [0.1, 0.15) is 86.5 Å². The quantitative estimate of drug-likeness (QED) is 0.372. The van der Waals surface area contributed by atoms with Gasteiger partial charge in [0.15, 0.2) is 0 Å². The Bertz CT molecular complexity index is 1190. The van der Waals surface area contributed by atoms with Crippen molar-refractivity contribution >= 4 is 17.9 Å². The van der Waals surface area contributed by atoms with Crippen molar-refractivity contribution in [1.82, 2.24) is 0 Å². The number of esters is 3. The van der Waals surface area contributed by atoms with Gasteiger partial charge in [0.25, 0.3) is 0 Å². The molecule has 0 amide bonds. The Morgan fingerprint density at radius 1 is 1.05 bits per heavy atom. The predicted octanol–water partition coefficient (Wildman–Crippen LogP) is 2.44. The lowest BCUT2D eigenvalue weighted by molar-refractivity contribution is -0.270. The monoisotopic (exact) mass is 576 g/mol. The Labute approximate surface area is 240 Å². The number of aliphatic hydroxyl groups excluding tert-OH is 1. The van der Waals surface area contributed by atoms with Gasteiger partial charge in [0, 0.05) is 30.6 Å². The van der Waals surface area contributed by atoms with Crippen molar-refractivity contribution < 1.29 is 48.3 Å². The van der Waals surface area contributed by atoms with Crippen LogP contribution in [0.15, 0.2) is 0 Å². The number of fused-ring (bicyclic) bond motifs is 2. The zero-order valence-corrected chi connectivity index (χ0v) is 24.9. The van der Waals surface area contributed by atoms with Crippen molar-refractivity contribution in [1.29, 1.82) is 0 Å². The van der Waals surface area contributed by atoms with E-state index >= 15 is 0 Å². The number of carbonyl (C=O) groups excluding carboxylic acids is 3. The molecular weight excluding hydrogens is 532 g/mol. The molecule has 7 fully saturated rings. The summed E-state index contributed by atoms with van der Waals surface area (Å²) in [5, 5.41) is 24.7. The van der Waals surface area contributed by atoms with Gasteiger partial charge in [0.1, 0.15) is 23.9 Å². The first-order chi connectivity index (χ1) is 19.1. The summed E-state index contributed by atoms with van der Waals surface area (Å²) >= 11 is 0. The first-order valence-electron chi connectivity index (χ1n) is 15.4. The van der Waals surface area contributed by atoms with Crippen LogP contribution in [0.5, 0.6) is 0 Å². The molecule has 1 unspecified atom stereocenters. The molecule has 7 rings (SSSR count). The molecule has 3 aliphatic carbocycles. The Hall–Kier alpha value is -1.75. The third-order valence-corrected chi connectivity index (χ3v) is 12.8. The third-order valence-electron chi connectivity index (χ3n) is 12.8. The van der Waals surface area contributed by atoms with E-state index in [9.17, 15) is 24.6 Å². The van der Waals surface area contributed by atoms with Crippen LogP contribution >= 0.6 is 0 Å². The van der Waals surface area contributed by atoms with E-state index in [0.29, 0.717) is 32.1 Å². The molecule has 14 atom stereocenters. The van der Waals surface area contributed by atoms with E-state index in [1.807, 2.05) is 27.7 Å². The molecule has 4 aliphatic heterocycles. The van der Waals surface area contributed by atoms with E-state index in [0.717, 1.165) is 0 Å². The molecular formula is C31H44O10. The molecule has 2 N–H and O–H groups in total. The summed E-state index contributed by atoms with van der Waals surface area (Å²) < 4.78 is 31.5. The van der Waals surface area contributed by atoms with Crippen molar-refractivity contribution in [3.8, 4) is 0 Å². The van der Waals surface area contributed by atoms with Gasteiger partial charge in [-0.2, -0.15) is 0 Å². The summed E-state index contributed by atoms with van der Waals surface area (Å²) in [7, 11) is 0. The van der Waals surface area contributed by atoms with Gasteiger partial charge in [-0.3, -0.25) is 14.4 Å². The Morgan fingerprint density at radius 2 is 1.78 bits per heavy atom. The standard InChI is InChI=1S/C31H44O10/c1-14-9-18(38-26(14)35)24-15(2)17-10-21(33)28(6)25-19(37-16(3)32)11-20-27(4,5)39-22-12-23(34)40-30(20,22)13-29(25,36)7-8-31(17,28)41-24/h14-15,17-22,24-25,33,36H,7-13H2,1-6H3/t14?,15-,17+,18-,19+,20-,21-,22+,24-,25-,28+,29-,30+,31-/m0/s1. The topological polar surface area (TPSA) is 138 Å². The SMILES string of the molecule is CC(=O)O[C@@H]1C[C@H]2C(C)(C)O[C@@H]3CC(=O)O[C@@]32C[C@@]2(O)CC[C@]34O[C@H]([C@@H]5CC(C)C(=O)O5)[C@@H](C)[C@H]3C[C@H](O)[C@]4(C)[C@H]12. The molecule has 0 bridgehead atoms. The van der Waals surface area contributed by atoms with Gasteiger partial charge >= 0.3 is 17.9 Å². The second-order valence-corrected chi connectivity index (χ2v) is 15.1. The third kappa shape index (κ3) is 3.42. The fourth-order valence-corrected chi connectivity index (χ4v) is 11.2. The molecule has 0 aromatic carbocycles. The molecule has 0 radical (unpaired) electrons. The highest BCUT2D eigenvalue weighted by atomic mass is 16.6. The Morgan fingerprint density at radius 3 is 2.44 bits per heavy atom. The molecule has 0 aromatic rings. The van der Waals surface area contributed by atoms with Crippen molar-refractivity contribution in [3.05, 3.63) is 0 Å². The summed E-state index contributed by atoms with van der Waals surface area (Å²) in [6, 6.07) is 0. The fourth-order valence-electron chi connectivity index (χ4n) is 11.2. The zero-order chi connectivity index (χ0) is 29.5. The number of hydrogen-bond acceptors (Lipinski definition) is 10. The normalized spacial score (nSPS) is 56.6. The molecule has 4 saturated heterocycles. The van der Waals surface area contributed by atoms with E-state index in [2.05, 4.69) is 6.92 Å². The first kappa shape index (κ1) is 28.0. The summed E-state index contributed by atoms with van der Waals surface area (Å²) in [6.07, 6.45) is -0.320. The minimum atomic E-state index is -1.42. The Kier molecular flexibility index (Phi) is 5.78. The maximum absolute atomic E-state index is 12.8. The number of aliphatic hydroxyl groups is 2. The number of rotatable bonds is 2. The van der Waals surface area contributed by atoms with Crippen LogP contribution in [0.2, 0.25) is 0 Å². The van der Waals surface area contributed by atoms with Crippen molar-refractivity contribution in [2.45, 2.75) is 139 Å². The first-order valence-corrected chi connectivity index (χ1v) is 15.4. The van der Waals surface area contributed by atoms with Gasteiger partial charge in [-0.05, 0) is 57.8 Å². The average molecular weight is 577 g/mol. The molecule has 3 saturated carbocycles. The van der Waals surface area contributed by atoms with Gasteiger partial charge in [0.2, 0.25) is 0 Å². The zero-order valence-electron chi connectivity index (χ0n) is 24.9. The van der Waals surface area contributed by atoms with Crippen molar-refractivity contribution in [3.63, 3.8) is 0 Å². The lowest BCUT2D eigenvalue weighted by Gasteiger charge is -2.60. The molecule has 0 aromatic heterocycles. The van der Waals surface area contributed by atoms with Gasteiger partial charge < -0.3 is 33.9 Å². The van der Waals surface area contributed by atoms with Crippen LogP contribution in [0.3, 0.4) is 0 Å². The summed E-state index contributed by atoms with van der Waals surface area (Å²) in [5.74, 6) is -2.24. The summed E-state index contributed by atoms with van der Waals surface area (Å²) in [6.45, 7) is 11.3. The molecule has 41 heavy (non-hydrogen) atoms. The molecule has 4 heterocycles. The lowest BCUT2D eigenvalue weighted by Crippen LogP contribution is -2.68. The molecule has 2 spiro atoms. The van der Waals surface area contributed by atoms with Crippen LogP contribution < -0.4 is 0 Å². The number of hydrogen-bond donors (Lipinski definition) is 2. The highest BCUT2D eigenvalue weighted by Gasteiger charge is 2.80. The second-order valence-electron chi connectivity index (χ2n) is 15.1. The van der Waals surface area contributed by atoms with Gasteiger partial charge in [-0.15, -0.1) is 0 Å². The maximum atomic E-state index is 12.8. The van der Waals surface area contributed by atoms with Crippen LogP contribution in [-0.2, 0) is 38.1 Å². The number of ether oxygens (including phenoxy) is 5. The molecule has 10 heteroatoms. The minimum Gasteiger partial charge on any atom is -0.462 e. The van der Waals surface area contributed by atoms with Gasteiger partial charge in [-0.1, -0.05) is 20.8 Å². The highest BCUT2D eigenvalue weighted by Crippen LogP contribution is 2.73. The van der Waals surface area contributed by atoms with E-state index in [1.54, 1.807) is 0 Å². The summed E-state index contributed by atoms with van der Waals surface area (Å²) in [4.78, 5) is 37.6. The minimum absolute atomic E-state index is 0.0178. The van der Waals surface area contributed by atoms with Crippen LogP contribution in [0.4, 0.5) is 0 Å². The smallest absolute Gasteiger partial charge is 0.309 e. The van der Waals surface area contributed by atoms with E-state index in [1.165, 1.54) is 6.92 Å². The van der Waals surface area contributed by atoms with Crippen LogP contribution in [-0.4, -0.2) is 81.0 Å². The molecule has 10 nitrogen and oxygen atoms in total. The fraction of sp³-hybridized carbons (Fsp3) is 0.903. The number of carbonyl (C=O) groups is 3. The van der Waals surface area contributed by atoms with E-state index in [-0.39, 0.29) is 60.7 Å². The largest absolute Gasteiger partial charge is 0.462 e. The lowest BCUT2D eigenvalue weighted by atomic mass is 9.50. The Balaban J connectivity index is 1.34. The molecule has 228 valence electrons. The van der Waals surface area contributed by atoms with Gasteiger partial charge in [-0.25, -0.2) is 0 Å². The van der Waals surface area contributed by atoms with E-state index < -0.39 is 58.0 Å². The summed E-state index contributed by atoms with van der Waals surface area (Å²) in [5.41, 5.74) is -4.95. The second kappa shape index (κ2) is 8.45. The molecule has 7 aliphatic rings. The maximum Gasteiger partial charge on any atom is 0.309 e. The predicted molar refractivity (Wildman–Crippen MR) is 141 cm³/mol. The van der Waals surface area contributed by atoms with E-state index in [4.69, 9.17) is 23.7 Å². The van der Waals surface area contributed by atoms with Crippen LogP contribution in [0, 0.1) is 35.0 Å². The van der Waals surface area contributed by atoms with Gasteiger partial charge in [0.05, 0.1) is 41.3 Å².